The Morgan fingerprint density at radius 3 is 2.48 bits per heavy atom. The first-order valence-electron chi connectivity index (χ1n) is 7.63. The normalized spacial score (nSPS) is 15.9. The molecule has 4 nitrogen and oxygen atoms in total. The average Bonchev–Trinajstić information content (AvgIpc) is 2.47. The van der Waals surface area contributed by atoms with Crippen molar-refractivity contribution in [1.29, 1.82) is 5.26 Å². The van der Waals surface area contributed by atoms with Gasteiger partial charge in [0.1, 0.15) is 0 Å². The van der Waals surface area contributed by atoms with E-state index < -0.39 is 0 Å². The largest absolute Gasteiger partial charge is 0.338 e. The minimum atomic E-state index is -0.318. The van der Waals surface area contributed by atoms with E-state index in [0.29, 0.717) is 18.7 Å². The molecule has 1 aliphatic rings. The summed E-state index contributed by atoms with van der Waals surface area (Å²) in [5.74, 6) is 0.197. The van der Waals surface area contributed by atoms with Gasteiger partial charge in [0.15, 0.2) is 0 Å². The zero-order valence-electron chi connectivity index (χ0n) is 12.6. The van der Waals surface area contributed by atoms with Crippen LogP contribution in [-0.2, 0) is 11.3 Å². The third-order valence-electron chi connectivity index (χ3n) is 4.39. The van der Waals surface area contributed by atoms with Crippen LogP contribution in [0, 0.1) is 16.7 Å². The molecule has 0 atom stereocenters. The summed E-state index contributed by atoms with van der Waals surface area (Å²) in [5.41, 5.74) is 7.23. The zero-order valence-corrected chi connectivity index (χ0v) is 12.6. The molecule has 0 unspecified atom stereocenters. The summed E-state index contributed by atoms with van der Waals surface area (Å²) in [6.45, 7) is 3.87. The number of hydrogen-bond donors (Lipinski definition) is 1. The van der Waals surface area contributed by atoms with Crippen LogP contribution in [-0.4, -0.2) is 23.9 Å². The van der Waals surface area contributed by atoms with Crippen LogP contribution in [0.1, 0.15) is 43.7 Å². The molecule has 2 N–H and O–H groups in total. The molecular formula is C17H23N3O. The Balaban J connectivity index is 2.11. The summed E-state index contributed by atoms with van der Waals surface area (Å²) in [6.07, 6.45) is 3.86. The summed E-state index contributed by atoms with van der Waals surface area (Å²) < 4.78 is 0. The molecule has 0 aromatic heterocycles. The Bertz CT molecular complexity index is 520. The molecule has 1 saturated carbocycles. The van der Waals surface area contributed by atoms with Gasteiger partial charge in [0.05, 0.1) is 17.0 Å². The van der Waals surface area contributed by atoms with E-state index in [1.54, 1.807) is 12.1 Å². The van der Waals surface area contributed by atoms with E-state index in [1.165, 1.54) is 0 Å². The first-order chi connectivity index (χ1) is 10.1. The second-order valence-corrected chi connectivity index (χ2v) is 5.87. The maximum Gasteiger partial charge on any atom is 0.230 e. The lowest BCUT2D eigenvalue weighted by atomic mass is 9.67. The minimum Gasteiger partial charge on any atom is -0.338 e. The van der Waals surface area contributed by atoms with Gasteiger partial charge in [0, 0.05) is 19.6 Å². The van der Waals surface area contributed by atoms with Crippen molar-refractivity contribution in [3.8, 4) is 6.07 Å². The van der Waals surface area contributed by atoms with Crippen LogP contribution in [0.4, 0.5) is 0 Å². The van der Waals surface area contributed by atoms with E-state index in [-0.39, 0.29) is 11.3 Å². The van der Waals surface area contributed by atoms with Crippen molar-refractivity contribution in [1.82, 2.24) is 4.90 Å². The van der Waals surface area contributed by atoms with Gasteiger partial charge < -0.3 is 10.6 Å². The molecule has 21 heavy (non-hydrogen) atoms. The fraction of sp³-hybridized carbons (Fsp3) is 0.529. The average molecular weight is 285 g/mol. The molecule has 0 radical (unpaired) electrons. The quantitative estimate of drug-likeness (QED) is 0.872. The summed E-state index contributed by atoms with van der Waals surface area (Å²) in [5, 5.41) is 8.83. The Kier molecular flexibility index (Phi) is 4.98. The van der Waals surface area contributed by atoms with Crippen molar-refractivity contribution in [3.05, 3.63) is 35.4 Å². The number of carbonyl (C=O) groups is 1. The smallest absolute Gasteiger partial charge is 0.230 e. The molecule has 1 aromatic carbocycles. The first-order valence-corrected chi connectivity index (χ1v) is 7.63. The third kappa shape index (κ3) is 3.25. The molecular weight excluding hydrogens is 262 g/mol. The highest BCUT2D eigenvalue weighted by Crippen LogP contribution is 2.41. The first kappa shape index (κ1) is 15.5. The van der Waals surface area contributed by atoms with Gasteiger partial charge >= 0.3 is 0 Å². The zero-order chi connectivity index (χ0) is 15.3. The second kappa shape index (κ2) is 6.73. The van der Waals surface area contributed by atoms with Crippen molar-refractivity contribution < 1.29 is 4.79 Å². The summed E-state index contributed by atoms with van der Waals surface area (Å²) in [4.78, 5) is 14.7. The summed E-state index contributed by atoms with van der Waals surface area (Å²) in [6, 6.07) is 9.55. The predicted molar refractivity (Wildman–Crippen MR) is 82.2 cm³/mol. The number of carbonyl (C=O) groups excluding carboxylic acids is 1. The van der Waals surface area contributed by atoms with Crippen molar-refractivity contribution in [2.75, 3.05) is 13.1 Å². The maximum atomic E-state index is 12.8. The van der Waals surface area contributed by atoms with Crippen LogP contribution < -0.4 is 5.73 Å². The highest BCUT2D eigenvalue weighted by Gasteiger charge is 2.44. The van der Waals surface area contributed by atoms with Gasteiger partial charge in [-0.3, -0.25) is 4.79 Å². The molecule has 0 saturated heterocycles. The molecule has 4 heteroatoms. The van der Waals surface area contributed by atoms with Crippen LogP contribution in [0.15, 0.2) is 24.3 Å². The van der Waals surface area contributed by atoms with E-state index >= 15 is 0 Å². The molecule has 0 aliphatic heterocycles. The highest BCUT2D eigenvalue weighted by atomic mass is 16.2. The number of nitrogens with two attached hydrogens (primary N) is 1. The molecule has 1 aromatic rings. The number of nitrogens with zero attached hydrogens (tertiary/aromatic N) is 2. The van der Waals surface area contributed by atoms with Crippen LogP contribution in [0.3, 0.4) is 0 Å². The van der Waals surface area contributed by atoms with E-state index in [9.17, 15) is 4.79 Å². The Morgan fingerprint density at radius 1 is 1.38 bits per heavy atom. The molecule has 2 rings (SSSR count). The van der Waals surface area contributed by atoms with E-state index in [4.69, 9.17) is 11.0 Å². The standard InChI is InChI=1S/C17H23N3O/c1-2-10-20(16(21)17(13-19)8-3-9-17)12-15-6-4-14(11-18)5-7-15/h4-7H,2-3,8-10,12-13,19H2,1H3. The summed E-state index contributed by atoms with van der Waals surface area (Å²) >= 11 is 0. The third-order valence-corrected chi connectivity index (χ3v) is 4.39. The second-order valence-electron chi connectivity index (χ2n) is 5.87. The molecule has 112 valence electrons. The molecule has 1 aliphatic carbocycles. The summed E-state index contributed by atoms with van der Waals surface area (Å²) in [7, 11) is 0. The van der Waals surface area contributed by atoms with Crippen molar-refractivity contribution in [2.24, 2.45) is 11.1 Å². The van der Waals surface area contributed by atoms with Crippen molar-refractivity contribution in [3.63, 3.8) is 0 Å². The highest BCUT2D eigenvalue weighted by molar-refractivity contribution is 5.84. The predicted octanol–water partition coefficient (Wildman–Crippen LogP) is 2.43. The van der Waals surface area contributed by atoms with E-state index in [0.717, 1.165) is 37.8 Å². The lowest BCUT2D eigenvalue weighted by Crippen LogP contribution is -2.51. The van der Waals surface area contributed by atoms with Gasteiger partial charge in [-0.25, -0.2) is 0 Å². The van der Waals surface area contributed by atoms with Crippen molar-refractivity contribution >= 4 is 5.91 Å². The molecule has 0 spiro atoms. The topological polar surface area (TPSA) is 70.1 Å². The van der Waals surface area contributed by atoms with Gasteiger partial charge in [0.25, 0.3) is 0 Å². The fourth-order valence-corrected chi connectivity index (χ4v) is 2.87. The molecule has 0 heterocycles. The van der Waals surface area contributed by atoms with Gasteiger partial charge in [0.2, 0.25) is 5.91 Å². The fourth-order valence-electron chi connectivity index (χ4n) is 2.87. The van der Waals surface area contributed by atoms with Gasteiger partial charge in [-0.2, -0.15) is 5.26 Å². The number of nitriles is 1. The Hall–Kier alpha value is -1.86. The number of hydrogen-bond acceptors (Lipinski definition) is 3. The molecule has 1 fully saturated rings. The molecule has 1 amide bonds. The Morgan fingerprint density at radius 2 is 2.05 bits per heavy atom. The number of amides is 1. The number of rotatable bonds is 6. The maximum absolute atomic E-state index is 12.8. The van der Waals surface area contributed by atoms with Crippen LogP contribution in [0.5, 0.6) is 0 Å². The lowest BCUT2D eigenvalue weighted by Gasteiger charge is -2.42. The number of benzene rings is 1. The van der Waals surface area contributed by atoms with Crippen molar-refractivity contribution in [2.45, 2.75) is 39.2 Å². The van der Waals surface area contributed by atoms with Crippen LogP contribution >= 0.6 is 0 Å². The van der Waals surface area contributed by atoms with Gasteiger partial charge in [-0.05, 0) is 37.0 Å². The minimum absolute atomic E-state index is 0.197. The SMILES string of the molecule is CCCN(Cc1ccc(C#N)cc1)C(=O)C1(CN)CCC1. The van der Waals surface area contributed by atoms with Crippen LogP contribution in [0.25, 0.3) is 0 Å². The van der Waals surface area contributed by atoms with E-state index in [1.807, 2.05) is 17.0 Å². The van der Waals surface area contributed by atoms with Gasteiger partial charge in [-0.15, -0.1) is 0 Å². The van der Waals surface area contributed by atoms with E-state index in [2.05, 4.69) is 13.0 Å². The lowest BCUT2D eigenvalue weighted by molar-refractivity contribution is -0.147. The van der Waals surface area contributed by atoms with Gasteiger partial charge in [-0.1, -0.05) is 25.5 Å². The Labute approximate surface area is 126 Å². The molecule has 0 bridgehead atoms. The monoisotopic (exact) mass is 285 g/mol. The van der Waals surface area contributed by atoms with Crippen LogP contribution in [0.2, 0.25) is 0 Å².